The van der Waals surface area contributed by atoms with E-state index >= 15 is 0 Å². The van der Waals surface area contributed by atoms with Gasteiger partial charge in [-0.1, -0.05) is 32.4 Å². The van der Waals surface area contributed by atoms with Gasteiger partial charge in [0, 0.05) is 0 Å². The van der Waals surface area contributed by atoms with E-state index in [1.165, 1.54) is 12.8 Å². The highest BCUT2D eigenvalue weighted by Crippen LogP contribution is 2.77. The van der Waals surface area contributed by atoms with Crippen molar-refractivity contribution in [2.24, 2.45) is 35.0 Å². The summed E-state index contributed by atoms with van der Waals surface area (Å²) in [5, 5.41) is 0. The number of rotatable bonds is 2. The molecule has 0 nitrogen and oxygen atoms in total. The maximum absolute atomic E-state index is 2.59. The molecule has 0 N–H and O–H groups in total. The second kappa shape index (κ2) is 2.90. The molecule has 3 aliphatic carbocycles. The van der Waals surface area contributed by atoms with Crippen LogP contribution in [0.2, 0.25) is 0 Å². The molecule has 0 bridgehead atoms. The fraction of sp³-hybridized carbons (Fsp3) is 0.867. The summed E-state index contributed by atoms with van der Waals surface area (Å²) in [5.41, 5.74) is 2.47. The van der Waals surface area contributed by atoms with E-state index < -0.39 is 0 Å². The Balaban J connectivity index is 1.83. The average molecular weight is 204 g/mol. The van der Waals surface area contributed by atoms with E-state index in [-0.39, 0.29) is 0 Å². The highest BCUT2D eigenvalue weighted by Gasteiger charge is 2.70. The molecule has 5 unspecified atom stereocenters. The van der Waals surface area contributed by atoms with Crippen LogP contribution in [-0.2, 0) is 0 Å². The van der Waals surface area contributed by atoms with Crippen LogP contribution in [0, 0.1) is 35.0 Å². The molecule has 3 aliphatic rings. The van der Waals surface area contributed by atoms with Crippen molar-refractivity contribution in [3.05, 3.63) is 11.6 Å². The summed E-state index contributed by atoms with van der Waals surface area (Å²) in [6.07, 6.45) is 7.08. The summed E-state index contributed by atoms with van der Waals surface area (Å²) in [7, 11) is 0. The Morgan fingerprint density at radius 3 is 2.60 bits per heavy atom. The third-order valence-corrected chi connectivity index (χ3v) is 5.70. The zero-order chi connectivity index (χ0) is 10.8. The standard InChI is InChI=1S/C15H24/c1-9(2)13-5-10(3)6-14(13)15-8-12(15)7-11(15)4/h5,9,11-14H,6-8H2,1-4H3. The summed E-state index contributed by atoms with van der Waals surface area (Å²) in [6.45, 7) is 9.65. The number of hydrogen-bond acceptors (Lipinski definition) is 0. The second-order valence-corrected chi connectivity index (χ2v) is 6.80. The van der Waals surface area contributed by atoms with Crippen molar-refractivity contribution in [2.75, 3.05) is 0 Å². The third-order valence-electron chi connectivity index (χ3n) is 5.70. The molecule has 3 rings (SSSR count). The lowest BCUT2D eigenvalue weighted by Crippen LogP contribution is -2.37. The number of fused-ring (bicyclic) bond motifs is 1. The lowest BCUT2D eigenvalue weighted by atomic mass is 9.62. The Kier molecular flexibility index (Phi) is 1.92. The van der Waals surface area contributed by atoms with Gasteiger partial charge >= 0.3 is 0 Å². The van der Waals surface area contributed by atoms with Gasteiger partial charge in [-0.15, -0.1) is 0 Å². The fourth-order valence-electron chi connectivity index (χ4n) is 4.78. The molecule has 5 atom stereocenters. The second-order valence-electron chi connectivity index (χ2n) is 6.80. The SMILES string of the molecule is CC1=CC(C(C)C)C(C23CC2CC3C)C1. The van der Waals surface area contributed by atoms with Crippen LogP contribution < -0.4 is 0 Å². The molecule has 2 fully saturated rings. The predicted octanol–water partition coefficient (Wildman–Crippen LogP) is 4.27. The molecule has 0 saturated heterocycles. The first-order valence-corrected chi connectivity index (χ1v) is 6.73. The van der Waals surface area contributed by atoms with Crippen LogP contribution in [0.1, 0.15) is 47.0 Å². The molecule has 0 aromatic rings. The van der Waals surface area contributed by atoms with Crippen LogP contribution in [0.5, 0.6) is 0 Å². The Bertz CT molecular complexity index is 312. The van der Waals surface area contributed by atoms with E-state index in [9.17, 15) is 0 Å². The molecular formula is C15H24. The van der Waals surface area contributed by atoms with Crippen molar-refractivity contribution in [1.29, 1.82) is 0 Å². The van der Waals surface area contributed by atoms with Gasteiger partial charge in [-0.05, 0) is 61.2 Å². The zero-order valence-electron chi connectivity index (χ0n) is 10.6. The van der Waals surface area contributed by atoms with E-state index in [1.807, 2.05) is 0 Å². The molecule has 0 aromatic heterocycles. The van der Waals surface area contributed by atoms with Crippen LogP contribution >= 0.6 is 0 Å². The fourth-order valence-corrected chi connectivity index (χ4v) is 4.78. The zero-order valence-corrected chi connectivity index (χ0v) is 10.6. The van der Waals surface area contributed by atoms with E-state index in [4.69, 9.17) is 0 Å². The molecule has 0 aromatic carbocycles. The Morgan fingerprint density at radius 1 is 1.40 bits per heavy atom. The van der Waals surface area contributed by atoms with Crippen molar-refractivity contribution in [3.63, 3.8) is 0 Å². The van der Waals surface area contributed by atoms with Gasteiger partial charge in [-0.2, -0.15) is 0 Å². The van der Waals surface area contributed by atoms with Crippen LogP contribution in [0.4, 0.5) is 0 Å². The van der Waals surface area contributed by atoms with Gasteiger partial charge in [0.15, 0.2) is 0 Å². The minimum atomic E-state index is 0.809. The van der Waals surface area contributed by atoms with Crippen LogP contribution in [0.15, 0.2) is 11.6 Å². The van der Waals surface area contributed by atoms with Crippen molar-refractivity contribution in [1.82, 2.24) is 0 Å². The average Bonchev–Trinajstić information content (AvgIpc) is 2.57. The first kappa shape index (κ1) is 9.93. The van der Waals surface area contributed by atoms with Crippen LogP contribution in [0.3, 0.4) is 0 Å². The van der Waals surface area contributed by atoms with Gasteiger partial charge in [0.1, 0.15) is 0 Å². The Hall–Kier alpha value is -0.260. The van der Waals surface area contributed by atoms with Gasteiger partial charge in [-0.25, -0.2) is 0 Å². The molecule has 0 aliphatic heterocycles. The summed E-state index contributed by atoms with van der Waals surface area (Å²) < 4.78 is 0. The van der Waals surface area contributed by atoms with Crippen molar-refractivity contribution in [2.45, 2.75) is 47.0 Å². The summed E-state index contributed by atoms with van der Waals surface area (Å²) in [4.78, 5) is 0. The lowest BCUT2D eigenvalue weighted by molar-refractivity contribution is 0.0640. The normalized spacial score (nSPS) is 52.5. The Labute approximate surface area is 94.1 Å². The van der Waals surface area contributed by atoms with Crippen molar-refractivity contribution < 1.29 is 0 Å². The molecule has 2 saturated carbocycles. The maximum Gasteiger partial charge on any atom is -0.0171 e. The van der Waals surface area contributed by atoms with Crippen LogP contribution in [0.25, 0.3) is 0 Å². The minimum Gasteiger partial charge on any atom is -0.0819 e. The smallest absolute Gasteiger partial charge is 0.0171 e. The van der Waals surface area contributed by atoms with E-state index in [0.717, 1.165) is 35.0 Å². The Morgan fingerprint density at radius 2 is 2.13 bits per heavy atom. The molecule has 15 heavy (non-hydrogen) atoms. The van der Waals surface area contributed by atoms with Gasteiger partial charge in [-0.3, -0.25) is 0 Å². The van der Waals surface area contributed by atoms with Gasteiger partial charge in [0.25, 0.3) is 0 Å². The maximum atomic E-state index is 2.59. The molecule has 0 radical (unpaired) electrons. The highest BCUT2D eigenvalue weighted by atomic mass is 14.7. The summed E-state index contributed by atoms with van der Waals surface area (Å²) in [5.74, 6) is 4.88. The molecular weight excluding hydrogens is 180 g/mol. The highest BCUT2D eigenvalue weighted by molar-refractivity contribution is 5.25. The van der Waals surface area contributed by atoms with E-state index in [2.05, 4.69) is 33.8 Å². The largest absolute Gasteiger partial charge is 0.0819 e. The van der Waals surface area contributed by atoms with Crippen molar-refractivity contribution in [3.8, 4) is 0 Å². The number of hydrogen-bond donors (Lipinski definition) is 0. The third kappa shape index (κ3) is 1.14. The molecule has 84 valence electrons. The van der Waals surface area contributed by atoms with Gasteiger partial charge in [0.2, 0.25) is 0 Å². The predicted molar refractivity (Wildman–Crippen MR) is 64.5 cm³/mol. The first-order valence-electron chi connectivity index (χ1n) is 6.73. The summed E-state index contributed by atoms with van der Waals surface area (Å²) in [6, 6.07) is 0. The van der Waals surface area contributed by atoms with E-state index in [1.54, 1.807) is 12.0 Å². The number of allylic oxidation sites excluding steroid dienone is 2. The first-order chi connectivity index (χ1) is 7.05. The molecule has 0 amide bonds. The molecule has 0 heterocycles. The lowest BCUT2D eigenvalue weighted by Gasteiger charge is -2.42. The topological polar surface area (TPSA) is 0 Å². The quantitative estimate of drug-likeness (QED) is 0.589. The molecule has 0 spiro atoms. The molecule has 0 heteroatoms. The summed E-state index contributed by atoms with van der Waals surface area (Å²) >= 11 is 0. The van der Waals surface area contributed by atoms with Crippen LogP contribution in [-0.4, -0.2) is 0 Å². The minimum absolute atomic E-state index is 0.809. The van der Waals surface area contributed by atoms with E-state index in [0.29, 0.717) is 0 Å². The monoisotopic (exact) mass is 204 g/mol. The van der Waals surface area contributed by atoms with Crippen molar-refractivity contribution >= 4 is 0 Å². The van der Waals surface area contributed by atoms with Gasteiger partial charge in [0.05, 0.1) is 0 Å². The van der Waals surface area contributed by atoms with Gasteiger partial charge < -0.3 is 0 Å².